The van der Waals surface area contributed by atoms with Gasteiger partial charge in [0.2, 0.25) is 5.56 Å². The van der Waals surface area contributed by atoms with E-state index in [9.17, 15) is 4.79 Å². The van der Waals surface area contributed by atoms with Crippen molar-refractivity contribution < 1.29 is 0 Å². The lowest BCUT2D eigenvalue weighted by Crippen LogP contribution is -2.14. The lowest BCUT2D eigenvalue weighted by molar-refractivity contribution is 0.626. The molecular formula is C15H19N3O. The van der Waals surface area contributed by atoms with Crippen molar-refractivity contribution in [3.63, 3.8) is 0 Å². The second-order valence-electron chi connectivity index (χ2n) is 4.89. The molecule has 2 rings (SSSR count). The molecule has 1 atom stereocenters. The van der Waals surface area contributed by atoms with Crippen molar-refractivity contribution >= 4 is 0 Å². The molecule has 0 amide bonds. The van der Waals surface area contributed by atoms with Gasteiger partial charge < -0.3 is 4.57 Å². The van der Waals surface area contributed by atoms with Crippen molar-refractivity contribution in [2.75, 3.05) is 0 Å². The first-order valence-corrected chi connectivity index (χ1v) is 6.60. The van der Waals surface area contributed by atoms with E-state index in [0.29, 0.717) is 5.92 Å². The van der Waals surface area contributed by atoms with Crippen LogP contribution in [0.4, 0.5) is 0 Å². The van der Waals surface area contributed by atoms with Crippen LogP contribution in [0.15, 0.2) is 35.5 Å². The normalized spacial score (nSPS) is 12.4. The molecule has 0 spiro atoms. The zero-order valence-electron chi connectivity index (χ0n) is 11.6. The Morgan fingerprint density at radius 2 is 1.89 bits per heavy atom. The smallest absolute Gasteiger partial charge is 0.250 e. The first-order valence-electron chi connectivity index (χ1n) is 6.60. The second-order valence-corrected chi connectivity index (χ2v) is 4.89. The molecule has 4 heteroatoms. The molecular weight excluding hydrogens is 238 g/mol. The van der Waals surface area contributed by atoms with Crippen molar-refractivity contribution in [2.45, 2.75) is 32.6 Å². The molecule has 0 bridgehead atoms. The van der Waals surface area contributed by atoms with E-state index >= 15 is 0 Å². The third-order valence-corrected chi connectivity index (χ3v) is 3.25. The van der Waals surface area contributed by atoms with Crippen LogP contribution < -0.4 is 5.56 Å². The molecule has 0 fully saturated rings. The highest BCUT2D eigenvalue weighted by atomic mass is 16.1. The summed E-state index contributed by atoms with van der Waals surface area (Å²) in [5, 5.41) is 0. The van der Waals surface area contributed by atoms with Crippen LogP contribution in [-0.2, 0) is 7.05 Å². The molecule has 1 unspecified atom stereocenters. The Labute approximate surface area is 113 Å². The summed E-state index contributed by atoms with van der Waals surface area (Å²) in [6.07, 6.45) is 7.69. The number of nitrogens with zero attached hydrogens (tertiary/aromatic N) is 3. The molecule has 2 aromatic rings. The number of hydrogen-bond donors (Lipinski definition) is 0. The fraction of sp³-hybridized carbons (Fsp3) is 0.400. The van der Waals surface area contributed by atoms with Crippen LogP contribution in [0.5, 0.6) is 0 Å². The predicted octanol–water partition coefficient (Wildman–Crippen LogP) is 2.75. The maximum absolute atomic E-state index is 11.3. The van der Waals surface area contributed by atoms with Gasteiger partial charge in [0.15, 0.2) is 0 Å². The van der Waals surface area contributed by atoms with Gasteiger partial charge in [-0.1, -0.05) is 20.3 Å². The summed E-state index contributed by atoms with van der Waals surface area (Å²) in [4.78, 5) is 20.2. The lowest BCUT2D eigenvalue weighted by atomic mass is 10.1. The largest absolute Gasteiger partial charge is 0.318 e. The minimum atomic E-state index is -0.0159. The van der Waals surface area contributed by atoms with E-state index in [0.717, 1.165) is 29.8 Å². The minimum absolute atomic E-state index is 0.0159. The molecule has 0 radical (unpaired) electrons. The average molecular weight is 257 g/mol. The van der Waals surface area contributed by atoms with Crippen LogP contribution >= 0.6 is 0 Å². The van der Waals surface area contributed by atoms with Crippen LogP contribution in [0.25, 0.3) is 11.1 Å². The standard InChI is InChI=1S/C15H19N3O/c1-4-5-11(2)15-16-8-13(9-17-15)12-6-7-14(19)18(3)10-12/h6-11H,4-5H2,1-3H3. The quantitative estimate of drug-likeness (QED) is 0.846. The van der Waals surface area contributed by atoms with Crippen LogP contribution in [0.3, 0.4) is 0 Å². The molecule has 0 aliphatic carbocycles. The van der Waals surface area contributed by atoms with Gasteiger partial charge in [-0.25, -0.2) is 9.97 Å². The fourth-order valence-corrected chi connectivity index (χ4v) is 2.07. The first-order chi connectivity index (χ1) is 9.11. The average Bonchev–Trinajstić information content (AvgIpc) is 2.42. The molecule has 0 N–H and O–H groups in total. The van der Waals surface area contributed by atoms with E-state index in [1.165, 1.54) is 0 Å². The molecule has 100 valence electrons. The highest BCUT2D eigenvalue weighted by Gasteiger charge is 2.08. The first kappa shape index (κ1) is 13.5. The van der Waals surface area contributed by atoms with Gasteiger partial charge in [-0.15, -0.1) is 0 Å². The van der Waals surface area contributed by atoms with Crippen LogP contribution in [0.1, 0.15) is 38.4 Å². The minimum Gasteiger partial charge on any atom is -0.318 e. The van der Waals surface area contributed by atoms with Gasteiger partial charge in [0, 0.05) is 48.7 Å². The third kappa shape index (κ3) is 3.08. The Morgan fingerprint density at radius 1 is 1.21 bits per heavy atom. The van der Waals surface area contributed by atoms with E-state index in [4.69, 9.17) is 0 Å². The van der Waals surface area contributed by atoms with Crippen molar-refractivity contribution in [2.24, 2.45) is 7.05 Å². The summed E-state index contributed by atoms with van der Waals surface area (Å²) >= 11 is 0. The number of hydrogen-bond acceptors (Lipinski definition) is 3. The number of pyridine rings is 1. The maximum atomic E-state index is 11.3. The number of aryl methyl sites for hydroxylation is 1. The van der Waals surface area contributed by atoms with Crippen LogP contribution in [0.2, 0.25) is 0 Å². The highest BCUT2D eigenvalue weighted by Crippen LogP contribution is 2.19. The van der Waals surface area contributed by atoms with Crippen LogP contribution in [-0.4, -0.2) is 14.5 Å². The maximum Gasteiger partial charge on any atom is 0.250 e. The molecule has 4 nitrogen and oxygen atoms in total. The van der Waals surface area contributed by atoms with E-state index in [1.807, 2.05) is 12.4 Å². The molecule has 2 heterocycles. The van der Waals surface area contributed by atoms with Crippen molar-refractivity contribution in [3.05, 3.63) is 46.9 Å². The summed E-state index contributed by atoms with van der Waals surface area (Å²) in [7, 11) is 1.74. The summed E-state index contributed by atoms with van der Waals surface area (Å²) in [6.45, 7) is 4.31. The molecule has 0 saturated heterocycles. The van der Waals surface area contributed by atoms with E-state index < -0.39 is 0 Å². The fourth-order valence-electron chi connectivity index (χ4n) is 2.07. The summed E-state index contributed by atoms with van der Waals surface area (Å²) < 4.78 is 1.56. The van der Waals surface area contributed by atoms with Crippen molar-refractivity contribution in [1.82, 2.24) is 14.5 Å². The zero-order valence-corrected chi connectivity index (χ0v) is 11.6. The van der Waals surface area contributed by atoms with Gasteiger partial charge in [0.1, 0.15) is 5.82 Å². The Hall–Kier alpha value is -1.97. The van der Waals surface area contributed by atoms with Gasteiger partial charge in [-0.2, -0.15) is 0 Å². The van der Waals surface area contributed by atoms with E-state index in [-0.39, 0.29) is 5.56 Å². The third-order valence-electron chi connectivity index (χ3n) is 3.25. The monoisotopic (exact) mass is 257 g/mol. The number of rotatable bonds is 4. The molecule has 2 aromatic heterocycles. The zero-order chi connectivity index (χ0) is 13.8. The van der Waals surface area contributed by atoms with Gasteiger partial charge in [0.25, 0.3) is 0 Å². The summed E-state index contributed by atoms with van der Waals surface area (Å²) in [5.74, 6) is 1.27. The Morgan fingerprint density at radius 3 is 2.47 bits per heavy atom. The highest BCUT2D eigenvalue weighted by molar-refractivity contribution is 5.60. The summed E-state index contributed by atoms with van der Waals surface area (Å²) in [6, 6.07) is 3.36. The van der Waals surface area contributed by atoms with E-state index in [1.54, 1.807) is 29.9 Å². The van der Waals surface area contributed by atoms with Gasteiger partial charge in [-0.3, -0.25) is 4.79 Å². The van der Waals surface area contributed by atoms with Gasteiger partial charge in [0.05, 0.1) is 0 Å². The van der Waals surface area contributed by atoms with Crippen molar-refractivity contribution in [3.8, 4) is 11.1 Å². The Balaban J connectivity index is 2.27. The molecule has 19 heavy (non-hydrogen) atoms. The van der Waals surface area contributed by atoms with Gasteiger partial charge >= 0.3 is 0 Å². The molecule has 0 saturated carbocycles. The molecule has 0 aliphatic rings. The molecule has 0 aromatic carbocycles. The van der Waals surface area contributed by atoms with Crippen LogP contribution in [0, 0.1) is 0 Å². The van der Waals surface area contributed by atoms with Crippen molar-refractivity contribution in [1.29, 1.82) is 0 Å². The Kier molecular flexibility index (Phi) is 4.10. The molecule has 0 aliphatic heterocycles. The Bertz CT molecular complexity index is 602. The second kappa shape index (κ2) is 5.78. The predicted molar refractivity (Wildman–Crippen MR) is 76.0 cm³/mol. The SMILES string of the molecule is CCCC(C)c1ncc(-c2ccc(=O)n(C)c2)cn1. The van der Waals surface area contributed by atoms with E-state index in [2.05, 4.69) is 23.8 Å². The topological polar surface area (TPSA) is 47.8 Å². The number of aromatic nitrogens is 3. The lowest BCUT2D eigenvalue weighted by Gasteiger charge is -2.09. The summed E-state index contributed by atoms with van der Waals surface area (Å²) in [5.41, 5.74) is 1.87. The van der Waals surface area contributed by atoms with Gasteiger partial charge in [-0.05, 0) is 12.5 Å².